The number of nitrogens with one attached hydrogen (secondary N) is 2. The van der Waals surface area contributed by atoms with Gasteiger partial charge in [0.2, 0.25) is 29.7 Å². The van der Waals surface area contributed by atoms with Crippen LogP contribution >= 0.6 is 0 Å². The fraction of sp³-hybridized carbons (Fsp3) is 0.571. The molecule has 5 aromatic heterocycles. The van der Waals surface area contributed by atoms with Crippen LogP contribution in [0.15, 0.2) is 0 Å². The van der Waals surface area contributed by atoms with Gasteiger partial charge in [0.05, 0.1) is 13.3 Å². The first-order valence-corrected chi connectivity index (χ1v) is 18.6. The van der Waals surface area contributed by atoms with Gasteiger partial charge < -0.3 is 25.3 Å². The predicted molar refractivity (Wildman–Crippen MR) is 209 cm³/mol. The van der Waals surface area contributed by atoms with Crippen molar-refractivity contribution in [1.29, 1.82) is 0 Å². The maximum Gasteiger partial charge on any atom is 0.233 e. The summed E-state index contributed by atoms with van der Waals surface area (Å²) in [5.41, 5.74) is 0. The zero-order valence-electron chi connectivity index (χ0n) is 33.6. The van der Waals surface area contributed by atoms with E-state index in [1.165, 1.54) is 0 Å². The lowest BCUT2D eigenvalue weighted by atomic mass is 10.3. The molecule has 0 atom stereocenters. The molecule has 292 valence electrons. The third-order valence-corrected chi connectivity index (χ3v) is 8.03. The predicted octanol–water partition coefficient (Wildman–Crippen LogP) is 2.94. The topological polar surface area (TPSA) is 227 Å². The largest absolute Gasteiger partial charge is 0.340 e. The lowest BCUT2D eigenvalue weighted by Crippen LogP contribution is -2.37. The molecule has 5 aromatic rings. The van der Waals surface area contributed by atoms with Gasteiger partial charge in [0.15, 0.2) is 0 Å². The number of nitrogens with zero attached hydrogens (tertiary/aromatic N) is 18. The molecule has 55 heavy (non-hydrogen) atoms. The van der Waals surface area contributed by atoms with Crippen molar-refractivity contribution in [3.8, 4) is 0 Å². The van der Waals surface area contributed by atoms with Crippen LogP contribution in [0.4, 0.5) is 29.7 Å². The van der Waals surface area contributed by atoms with Crippen LogP contribution in [0.2, 0.25) is 0 Å². The van der Waals surface area contributed by atoms with Crippen molar-refractivity contribution >= 4 is 29.7 Å². The molecule has 0 bridgehead atoms. The molecule has 2 N–H and O–H groups in total. The molecule has 0 aliphatic carbocycles. The number of rotatable bonds is 19. The van der Waals surface area contributed by atoms with Gasteiger partial charge in [-0.3, -0.25) is 0 Å². The molecule has 0 saturated carbocycles. The minimum Gasteiger partial charge on any atom is -0.340 e. The van der Waals surface area contributed by atoms with Crippen LogP contribution in [-0.4, -0.2) is 114 Å². The van der Waals surface area contributed by atoms with Gasteiger partial charge in [0, 0.05) is 39.0 Å². The fourth-order valence-electron chi connectivity index (χ4n) is 5.90. The number of hydrogen-bond donors (Lipinski definition) is 2. The van der Waals surface area contributed by atoms with E-state index >= 15 is 0 Å². The lowest BCUT2D eigenvalue weighted by molar-refractivity contribution is 0.678. The van der Waals surface area contributed by atoms with Gasteiger partial charge in [-0.25, -0.2) is 39.9 Å². The van der Waals surface area contributed by atoms with Gasteiger partial charge in [0.25, 0.3) is 0 Å². The quantitative estimate of drug-likeness (QED) is 0.116. The Hall–Kier alpha value is -5.95. The third-order valence-electron chi connectivity index (χ3n) is 8.03. The van der Waals surface area contributed by atoms with Crippen molar-refractivity contribution in [2.75, 3.05) is 64.8 Å². The number of hydrogen-bond acceptors (Lipinski definition) is 20. The van der Waals surface area contributed by atoms with E-state index in [9.17, 15) is 0 Å². The second kappa shape index (κ2) is 18.9. The van der Waals surface area contributed by atoms with E-state index in [-0.39, 0.29) is 0 Å². The Balaban J connectivity index is 1.56. The van der Waals surface area contributed by atoms with E-state index < -0.39 is 0 Å². The minimum atomic E-state index is 0.349. The third kappa shape index (κ3) is 12.0. The Morgan fingerprint density at radius 1 is 0.345 bits per heavy atom. The summed E-state index contributed by atoms with van der Waals surface area (Å²) in [5, 5.41) is 6.72. The molecule has 0 aromatic carbocycles. The normalized spacial score (nSPS) is 11.1. The highest BCUT2D eigenvalue weighted by molar-refractivity contribution is 5.48. The minimum absolute atomic E-state index is 0.349. The fourth-order valence-corrected chi connectivity index (χ4v) is 5.90. The Bertz CT molecular complexity index is 1820. The molecular formula is C35H52N20. The van der Waals surface area contributed by atoms with E-state index in [4.69, 9.17) is 15.0 Å². The number of aryl methyl sites for hydroxylation is 8. The Morgan fingerprint density at radius 3 is 0.945 bits per heavy atom. The molecule has 0 amide bonds. The van der Waals surface area contributed by atoms with Crippen LogP contribution in [0, 0.1) is 55.4 Å². The van der Waals surface area contributed by atoms with Gasteiger partial charge in [0.1, 0.15) is 58.2 Å². The second-order valence-corrected chi connectivity index (χ2v) is 13.1. The summed E-state index contributed by atoms with van der Waals surface area (Å²) in [5.74, 6) is 9.05. The Labute approximate surface area is 322 Å². The second-order valence-electron chi connectivity index (χ2n) is 13.1. The van der Waals surface area contributed by atoms with E-state index in [2.05, 4.69) is 99.0 Å². The highest BCUT2D eigenvalue weighted by Gasteiger charge is 2.22. The van der Waals surface area contributed by atoms with Crippen molar-refractivity contribution in [2.24, 2.45) is 0 Å². The van der Waals surface area contributed by atoms with Crippen molar-refractivity contribution in [3.05, 3.63) is 58.2 Å². The lowest BCUT2D eigenvalue weighted by Gasteiger charge is -2.29. The molecule has 0 radical (unpaired) electrons. The summed E-state index contributed by atoms with van der Waals surface area (Å²) in [7, 11) is 0. The van der Waals surface area contributed by atoms with Crippen LogP contribution < -0.4 is 25.3 Å². The number of anilines is 5. The molecule has 0 spiro atoms. The average Bonchev–Trinajstić information content (AvgIpc) is 3.10. The van der Waals surface area contributed by atoms with E-state index in [0.29, 0.717) is 140 Å². The van der Waals surface area contributed by atoms with E-state index in [1.54, 1.807) is 0 Å². The molecule has 20 nitrogen and oxygen atoms in total. The Morgan fingerprint density at radius 2 is 0.636 bits per heavy atom. The van der Waals surface area contributed by atoms with Crippen molar-refractivity contribution < 1.29 is 0 Å². The van der Waals surface area contributed by atoms with Crippen LogP contribution in [0.25, 0.3) is 0 Å². The van der Waals surface area contributed by atoms with Crippen molar-refractivity contribution in [1.82, 2.24) is 74.8 Å². The summed E-state index contributed by atoms with van der Waals surface area (Å²) in [6.07, 6.45) is 2.75. The standard InChI is InChI=1S/C35H52N20/c1-11-15-54(19-36-31-46-25(7)40-26(8)47-31)34-50-33(51-35(52-34)55(16-12-2)20-37-32-48-27(9)41-28(10)49-32)53(17-13-29-42-21(3)38-22(4)43-29)18-14-30-44-23(5)39-24(6)45-30/h11-20H2,1-10H3,(H,36,40,46,47)(H,37,41,48,49). The molecule has 0 aliphatic heterocycles. The molecule has 5 rings (SSSR count). The molecular weight excluding hydrogens is 701 g/mol. The average molecular weight is 753 g/mol. The Kier molecular flexibility index (Phi) is 13.8. The molecule has 5 heterocycles. The summed E-state index contributed by atoms with van der Waals surface area (Å²) in [6, 6.07) is 0. The molecule has 0 fully saturated rings. The summed E-state index contributed by atoms with van der Waals surface area (Å²) >= 11 is 0. The van der Waals surface area contributed by atoms with Crippen LogP contribution in [0.3, 0.4) is 0 Å². The first-order chi connectivity index (χ1) is 26.4. The van der Waals surface area contributed by atoms with E-state index in [1.807, 2.05) is 55.4 Å². The van der Waals surface area contributed by atoms with Crippen LogP contribution in [-0.2, 0) is 12.8 Å². The first kappa shape index (κ1) is 40.2. The SMILES string of the molecule is CCCN(CNc1nc(C)nc(C)n1)c1nc(N(CCc2nc(C)nc(C)n2)CCc2nc(C)nc(C)n2)nc(N(CCC)CNc2nc(C)nc(C)n2)n1. The molecule has 0 saturated heterocycles. The molecule has 0 unspecified atom stereocenters. The van der Waals surface area contributed by atoms with Gasteiger partial charge >= 0.3 is 0 Å². The van der Waals surface area contributed by atoms with Gasteiger partial charge in [-0.1, -0.05) is 13.8 Å². The van der Waals surface area contributed by atoms with Crippen molar-refractivity contribution in [3.63, 3.8) is 0 Å². The van der Waals surface area contributed by atoms with Crippen molar-refractivity contribution in [2.45, 2.75) is 94.9 Å². The number of aromatic nitrogens is 15. The summed E-state index contributed by atoms with van der Waals surface area (Å²) in [6.45, 7) is 22.1. The van der Waals surface area contributed by atoms with Crippen LogP contribution in [0.1, 0.15) is 84.9 Å². The smallest absolute Gasteiger partial charge is 0.233 e. The maximum atomic E-state index is 5.13. The summed E-state index contributed by atoms with van der Waals surface area (Å²) < 4.78 is 0. The van der Waals surface area contributed by atoms with Gasteiger partial charge in [-0.2, -0.15) is 34.9 Å². The van der Waals surface area contributed by atoms with Gasteiger partial charge in [-0.15, -0.1) is 0 Å². The van der Waals surface area contributed by atoms with Crippen LogP contribution in [0.5, 0.6) is 0 Å². The van der Waals surface area contributed by atoms with E-state index in [0.717, 1.165) is 12.8 Å². The van der Waals surface area contributed by atoms with Gasteiger partial charge in [-0.05, 0) is 68.2 Å². The molecule has 20 heteroatoms. The zero-order chi connectivity index (χ0) is 39.5. The monoisotopic (exact) mass is 752 g/mol. The molecule has 0 aliphatic rings. The highest BCUT2D eigenvalue weighted by Crippen LogP contribution is 2.21. The first-order valence-electron chi connectivity index (χ1n) is 18.6. The summed E-state index contributed by atoms with van der Waals surface area (Å²) in [4.78, 5) is 75.3. The highest BCUT2D eigenvalue weighted by atomic mass is 15.4. The zero-order valence-corrected chi connectivity index (χ0v) is 33.6. The maximum absolute atomic E-state index is 5.13.